The Hall–Kier alpha value is -3.35. The number of methoxy groups -OCH3 is 1. The second kappa shape index (κ2) is 7.95. The molecular weight excluding hydrogens is 368 g/mol. The third kappa shape index (κ3) is 3.94. The fourth-order valence-corrected chi connectivity index (χ4v) is 3.53. The molecule has 0 spiro atoms. The molecule has 1 aliphatic rings. The van der Waals surface area contributed by atoms with Gasteiger partial charge in [-0.3, -0.25) is 0 Å². The third-order valence-electron chi connectivity index (χ3n) is 5.34. The second-order valence-electron chi connectivity index (χ2n) is 7.18. The van der Waals surface area contributed by atoms with Gasteiger partial charge in [-0.1, -0.05) is 19.1 Å². The highest BCUT2D eigenvalue weighted by atomic mass is 16.5. The van der Waals surface area contributed by atoms with Crippen LogP contribution < -0.4 is 15.4 Å². The second-order valence-corrected chi connectivity index (χ2v) is 7.18. The maximum atomic E-state index is 12.7. The predicted octanol–water partition coefficient (Wildman–Crippen LogP) is 4.51. The number of hydrogen-bond acceptors (Lipinski definition) is 5. The largest absolute Gasteiger partial charge is 0.497 e. The zero-order valence-electron chi connectivity index (χ0n) is 16.6. The molecule has 4 rings (SSSR count). The molecule has 0 saturated heterocycles. The molecule has 1 aromatic heterocycles. The van der Waals surface area contributed by atoms with Gasteiger partial charge in [0.1, 0.15) is 5.75 Å². The maximum absolute atomic E-state index is 12.7. The Morgan fingerprint density at radius 1 is 1.17 bits per heavy atom. The van der Waals surface area contributed by atoms with E-state index in [0.717, 1.165) is 36.1 Å². The maximum Gasteiger partial charge on any atom is 0.319 e. The SMILES string of the molecule is CCc1nnc(-c2ccc(NC(=O)NC3(c4cccc(OC)c4)CCC3)cc2)o1. The van der Waals surface area contributed by atoms with Gasteiger partial charge >= 0.3 is 6.03 Å². The first kappa shape index (κ1) is 19.0. The smallest absolute Gasteiger partial charge is 0.319 e. The molecule has 1 heterocycles. The van der Waals surface area contributed by atoms with Gasteiger partial charge in [-0.15, -0.1) is 10.2 Å². The first-order valence-corrected chi connectivity index (χ1v) is 9.78. The van der Waals surface area contributed by atoms with Gasteiger partial charge in [0.25, 0.3) is 0 Å². The van der Waals surface area contributed by atoms with Crippen molar-refractivity contribution in [3.05, 3.63) is 60.0 Å². The molecule has 1 aliphatic carbocycles. The number of carbonyl (C=O) groups excluding carboxylic acids is 1. The van der Waals surface area contributed by atoms with Gasteiger partial charge < -0.3 is 19.8 Å². The lowest BCUT2D eigenvalue weighted by molar-refractivity contribution is 0.184. The van der Waals surface area contributed by atoms with Crippen LogP contribution in [0.25, 0.3) is 11.5 Å². The van der Waals surface area contributed by atoms with Crippen LogP contribution in [0.1, 0.15) is 37.6 Å². The van der Waals surface area contributed by atoms with E-state index in [2.05, 4.69) is 20.8 Å². The molecule has 0 radical (unpaired) electrons. The summed E-state index contributed by atoms with van der Waals surface area (Å²) < 4.78 is 10.9. The van der Waals surface area contributed by atoms with Crippen LogP contribution in [0.4, 0.5) is 10.5 Å². The number of hydrogen-bond donors (Lipinski definition) is 2. The average molecular weight is 392 g/mol. The van der Waals surface area contributed by atoms with Crippen LogP contribution in [-0.2, 0) is 12.0 Å². The molecule has 0 atom stereocenters. The van der Waals surface area contributed by atoms with E-state index in [1.807, 2.05) is 55.5 Å². The van der Waals surface area contributed by atoms with Crippen LogP contribution in [0, 0.1) is 0 Å². The normalized spacial score (nSPS) is 14.7. The highest BCUT2D eigenvalue weighted by Gasteiger charge is 2.40. The Labute approximate surface area is 169 Å². The van der Waals surface area contributed by atoms with E-state index >= 15 is 0 Å². The minimum absolute atomic E-state index is 0.230. The third-order valence-corrected chi connectivity index (χ3v) is 5.34. The van der Waals surface area contributed by atoms with Gasteiger partial charge in [0, 0.05) is 17.7 Å². The number of aryl methyl sites for hydroxylation is 1. The highest BCUT2D eigenvalue weighted by Crippen LogP contribution is 2.42. The molecule has 2 N–H and O–H groups in total. The van der Waals surface area contributed by atoms with Crippen molar-refractivity contribution >= 4 is 11.7 Å². The number of carbonyl (C=O) groups is 1. The number of ether oxygens (including phenoxy) is 1. The fraction of sp³-hybridized carbons (Fsp3) is 0.318. The molecule has 0 bridgehead atoms. The van der Waals surface area contributed by atoms with Crippen molar-refractivity contribution < 1.29 is 13.9 Å². The van der Waals surface area contributed by atoms with Gasteiger partial charge in [-0.2, -0.15) is 0 Å². The predicted molar refractivity (Wildman–Crippen MR) is 110 cm³/mol. The molecule has 2 aromatic carbocycles. The molecule has 2 amide bonds. The number of benzene rings is 2. The van der Waals surface area contributed by atoms with Crippen molar-refractivity contribution in [1.82, 2.24) is 15.5 Å². The monoisotopic (exact) mass is 392 g/mol. The molecule has 0 aliphatic heterocycles. The Morgan fingerprint density at radius 2 is 1.97 bits per heavy atom. The lowest BCUT2D eigenvalue weighted by Crippen LogP contribution is -2.52. The molecular formula is C22H24N4O3. The van der Waals surface area contributed by atoms with Crippen LogP contribution in [-0.4, -0.2) is 23.3 Å². The number of urea groups is 1. The molecule has 29 heavy (non-hydrogen) atoms. The molecule has 1 saturated carbocycles. The summed E-state index contributed by atoms with van der Waals surface area (Å²) in [5.74, 6) is 1.87. The van der Waals surface area contributed by atoms with E-state index in [0.29, 0.717) is 23.9 Å². The molecule has 7 heteroatoms. The minimum Gasteiger partial charge on any atom is -0.497 e. The van der Waals surface area contributed by atoms with Gasteiger partial charge in [-0.25, -0.2) is 4.79 Å². The molecule has 3 aromatic rings. The van der Waals surface area contributed by atoms with E-state index in [1.54, 1.807) is 7.11 Å². The number of nitrogens with one attached hydrogen (secondary N) is 2. The summed E-state index contributed by atoms with van der Waals surface area (Å²) in [5, 5.41) is 14.1. The number of amides is 2. The zero-order chi connectivity index (χ0) is 20.3. The zero-order valence-corrected chi connectivity index (χ0v) is 16.6. The fourth-order valence-electron chi connectivity index (χ4n) is 3.53. The van der Waals surface area contributed by atoms with Crippen molar-refractivity contribution in [2.24, 2.45) is 0 Å². The van der Waals surface area contributed by atoms with E-state index in [1.165, 1.54) is 0 Å². The van der Waals surface area contributed by atoms with Gasteiger partial charge in [-0.05, 0) is 61.2 Å². The van der Waals surface area contributed by atoms with E-state index in [9.17, 15) is 4.79 Å². The summed E-state index contributed by atoms with van der Waals surface area (Å²) in [6.45, 7) is 1.96. The standard InChI is InChI=1S/C22H24N4O3/c1-3-19-25-26-20(29-19)15-8-10-17(11-9-15)23-21(27)24-22(12-5-13-22)16-6-4-7-18(14-16)28-2/h4,6-11,14H,3,5,12-13H2,1-2H3,(H2,23,24,27). The lowest BCUT2D eigenvalue weighted by atomic mass is 9.72. The number of nitrogens with zero attached hydrogens (tertiary/aromatic N) is 2. The summed E-state index contributed by atoms with van der Waals surface area (Å²) in [6.07, 6.45) is 3.59. The number of anilines is 1. The van der Waals surface area contributed by atoms with Crippen molar-refractivity contribution in [3.8, 4) is 17.2 Å². The van der Waals surface area contributed by atoms with Crippen LogP contribution in [0.5, 0.6) is 5.75 Å². The van der Waals surface area contributed by atoms with Gasteiger partial charge in [0.05, 0.1) is 12.6 Å². The number of aromatic nitrogens is 2. The highest BCUT2D eigenvalue weighted by molar-refractivity contribution is 5.90. The van der Waals surface area contributed by atoms with Gasteiger partial charge in [0.15, 0.2) is 0 Å². The molecule has 150 valence electrons. The van der Waals surface area contributed by atoms with Crippen LogP contribution in [0.3, 0.4) is 0 Å². The summed E-state index contributed by atoms with van der Waals surface area (Å²) in [4.78, 5) is 12.7. The Morgan fingerprint density at radius 3 is 2.59 bits per heavy atom. The Bertz CT molecular complexity index is 993. The first-order valence-electron chi connectivity index (χ1n) is 9.78. The van der Waals surface area contributed by atoms with E-state index in [-0.39, 0.29) is 11.6 Å². The van der Waals surface area contributed by atoms with E-state index < -0.39 is 0 Å². The van der Waals surface area contributed by atoms with Crippen LogP contribution in [0.2, 0.25) is 0 Å². The minimum atomic E-state index is -0.348. The lowest BCUT2D eigenvalue weighted by Gasteiger charge is -2.43. The summed E-state index contributed by atoms with van der Waals surface area (Å²) in [5.41, 5.74) is 2.23. The average Bonchev–Trinajstić information content (AvgIpc) is 3.20. The Balaban J connectivity index is 1.43. The number of rotatable bonds is 6. The summed E-state index contributed by atoms with van der Waals surface area (Å²) >= 11 is 0. The quantitative estimate of drug-likeness (QED) is 0.644. The molecule has 7 nitrogen and oxygen atoms in total. The van der Waals surface area contributed by atoms with Crippen LogP contribution >= 0.6 is 0 Å². The Kier molecular flexibility index (Phi) is 5.20. The van der Waals surface area contributed by atoms with E-state index in [4.69, 9.17) is 9.15 Å². The molecule has 0 unspecified atom stereocenters. The van der Waals surface area contributed by atoms with Crippen molar-refractivity contribution in [2.45, 2.75) is 38.1 Å². The van der Waals surface area contributed by atoms with Crippen molar-refractivity contribution in [2.75, 3.05) is 12.4 Å². The van der Waals surface area contributed by atoms with Crippen LogP contribution in [0.15, 0.2) is 52.9 Å². The van der Waals surface area contributed by atoms with Crippen molar-refractivity contribution in [3.63, 3.8) is 0 Å². The first-order chi connectivity index (χ1) is 14.1. The molecule has 1 fully saturated rings. The topological polar surface area (TPSA) is 89.3 Å². The van der Waals surface area contributed by atoms with Gasteiger partial charge in [0.2, 0.25) is 11.8 Å². The van der Waals surface area contributed by atoms with Crippen molar-refractivity contribution in [1.29, 1.82) is 0 Å². The summed E-state index contributed by atoms with van der Waals surface area (Å²) in [6, 6.07) is 15.0. The summed E-state index contributed by atoms with van der Waals surface area (Å²) in [7, 11) is 1.65.